The third kappa shape index (κ3) is 2.68. The highest BCUT2D eigenvalue weighted by Gasteiger charge is 2.07. The molecule has 0 radical (unpaired) electrons. The first kappa shape index (κ1) is 12.6. The van der Waals surface area contributed by atoms with E-state index in [0.29, 0.717) is 16.7 Å². The lowest BCUT2D eigenvalue weighted by Crippen LogP contribution is -2.12. The van der Waals surface area contributed by atoms with Gasteiger partial charge in [-0.3, -0.25) is 0 Å². The van der Waals surface area contributed by atoms with Crippen LogP contribution in [0.1, 0.15) is 19.5 Å². The summed E-state index contributed by atoms with van der Waals surface area (Å²) >= 11 is 5.90. The Hall–Kier alpha value is -1.88. The van der Waals surface area contributed by atoms with Crippen LogP contribution in [0.5, 0.6) is 0 Å². The number of hydrogen-bond donors (Lipinski definition) is 2. The van der Waals surface area contributed by atoms with Gasteiger partial charge in [0.05, 0.1) is 11.9 Å². The number of pyridine rings is 2. The molecule has 0 bridgehead atoms. The molecule has 0 aliphatic rings. The molecule has 0 fully saturated rings. The van der Waals surface area contributed by atoms with Crippen LogP contribution in [0.25, 0.3) is 10.8 Å². The zero-order valence-electron chi connectivity index (χ0n) is 10.1. The molecule has 0 aromatic carbocycles. The van der Waals surface area contributed by atoms with Gasteiger partial charge in [0.15, 0.2) is 0 Å². The number of oxime groups is 1. The van der Waals surface area contributed by atoms with Crippen LogP contribution >= 0.6 is 11.6 Å². The number of anilines is 1. The molecule has 0 spiro atoms. The van der Waals surface area contributed by atoms with Crippen molar-refractivity contribution in [1.29, 1.82) is 0 Å². The molecule has 0 aliphatic carbocycles. The molecule has 2 aromatic heterocycles. The second-order valence-corrected chi connectivity index (χ2v) is 4.55. The van der Waals surface area contributed by atoms with Crippen LogP contribution < -0.4 is 5.32 Å². The Morgan fingerprint density at radius 1 is 1.44 bits per heavy atom. The Bertz CT molecular complexity index is 598. The Labute approximate surface area is 110 Å². The summed E-state index contributed by atoms with van der Waals surface area (Å²) in [4.78, 5) is 8.40. The molecule has 0 aliphatic heterocycles. The highest BCUT2D eigenvalue weighted by molar-refractivity contribution is 6.30. The number of hydrogen-bond acceptors (Lipinski definition) is 5. The van der Waals surface area contributed by atoms with E-state index in [1.807, 2.05) is 13.8 Å². The van der Waals surface area contributed by atoms with Gasteiger partial charge in [-0.15, -0.1) is 0 Å². The first-order valence-corrected chi connectivity index (χ1v) is 5.88. The topological polar surface area (TPSA) is 70.4 Å². The lowest BCUT2D eigenvalue weighted by Gasteiger charge is -2.12. The molecule has 0 saturated carbocycles. The normalized spacial score (nSPS) is 11.6. The van der Waals surface area contributed by atoms with Crippen LogP contribution in [-0.2, 0) is 0 Å². The largest absolute Gasteiger partial charge is 0.411 e. The minimum Gasteiger partial charge on any atom is -0.411 e. The summed E-state index contributed by atoms with van der Waals surface area (Å²) in [6.07, 6.45) is 2.94. The minimum atomic E-state index is 0.231. The van der Waals surface area contributed by atoms with Gasteiger partial charge in [0, 0.05) is 23.0 Å². The fourth-order valence-corrected chi connectivity index (χ4v) is 1.81. The fourth-order valence-electron chi connectivity index (χ4n) is 1.65. The molecule has 94 valence electrons. The van der Waals surface area contributed by atoms with E-state index in [4.69, 9.17) is 16.8 Å². The van der Waals surface area contributed by atoms with Crippen LogP contribution in [0.15, 0.2) is 23.5 Å². The standard InChI is InChI=1S/C12H13ClN4O/c1-7(2)16-12-10-4-11(13)14-5-8(10)3-9(17-12)6-15-18/h3-7,18H,1-2H3,(H,16,17)/b15-6-. The van der Waals surface area contributed by atoms with E-state index >= 15 is 0 Å². The second-order valence-electron chi connectivity index (χ2n) is 4.17. The first-order valence-electron chi connectivity index (χ1n) is 5.50. The lowest BCUT2D eigenvalue weighted by molar-refractivity contribution is 0.321. The number of halogens is 1. The summed E-state index contributed by atoms with van der Waals surface area (Å²) in [5.41, 5.74) is 0.553. The van der Waals surface area contributed by atoms with E-state index in [-0.39, 0.29) is 6.04 Å². The smallest absolute Gasteiger partial charge is 0.134 e. The van der Waals surface area contributed by atoms with Crippen LogP contribution in [-0.4, -0.2) is 27.4 Å². The van der Waals surface area contributed by atoms with Crippen molar-refractivity contribution in [3.8, 4) is 0 Å². The predicted molar refractivity (Wildman–Crippen MR) is 72.7 cm³/mol. The zero-order chi connectivity index (χ0) is 13.1. The van der Waals surface area contributed by atoms with Gasteiger partial charge >= 0.3 is 0 Å². The molecular weight excluding hydrogens is 252 g/mol. The molecule has 0 atom stereocenters. The summed E-state index contributed by atoms with van der Waals surface area (Å²) < 4.78 is 0. The zero-order valence-corrected chi connectivity index (χ0v) is 10.8. The van der Waals surface area contributed by atoms with E-state index in [1.165, 1.54) is 6.21 Å². The summed E-state index contributed by atoms with van der Waals surface area (Å²) in [6, 6.07) is 3.77. The molecule has 5 nitrogen and oxygen atoms in total. The lowest BCUT2D eigenvalue weighted by atomic mass is 10.2. The van der Waals surface area contributed by atoms with Crippen molar-refractivity contribution in [1.82, 2.24) is 9.97 Å². The summed E-state index contributed by atoms with van der Waals surface area (Å²) in [5.74, 6) is 0.696. The number of fused-ring (bicyclic) bond motifs is 1. The highest BCUT2D eigenvalue weighted by Crippen LogP contribution is 2.24. The molecule has 18 heavy (non-hydrogen) atoms. The average molecular weight is 265 g/mol. The molecule has 2 rings (SSSR count). The Morgan fingerprint density at radius 2 is 2.22 bits per heavy atom. The molecule has 0 saturated heterocycles. The van der Waals surface area contributed by atoms with Crippen LogP contribution in [0, 0.1) is 0 Å². The van der Waals surface area contributed by atoms with Gasteiger partial charge < -0.3 is 10.5 Å². The Kier molecular flexibility index (Phi) is 3.62. The molecule has 0 amide bonds. The highest BCUT2D eigenvalue weighted by atomic mass is 35.5. The SMILES string of the molecule is CC(C)Nc1nc(/C=N\O)cc2cnc(Cl)cc12. The van der Waals surface area contributed by atoms with Crippen molar-refractivity contribution in [3.63, 3.8) is 0 Å². The Morgan fingerprint density at radius 3 is 2.89 bits per heavy atom. The van der Waals surface area contributed by atoms with Gasteiger partial charge in [0.1, 0.15) is 11.0 Å². The van der Waals surface area contributed by atoms with Crippen molar-refractivity contribution in [2.45, 2.75) is 19.9 Å². The van der Waals surface area contributed by atoms with Crippen molar-refractivity contribution in [3.05, 3.63) is 29.2 Å². The molecule has 6 heteroatoms. The average Bonchev–Trinajstić information content (AvgIpc) is 2.30. The van der Waals surface area contributed by atoms with E-state index < -0.39 is 0 Å². The van der Waals surface area contributed by atoms with Crippen molar-refractivity contribution < 1.29 is 5.21 Å². The van der Waals surface area contributed by atoms with Crippen LogP contribution in [0.2, 0.25) is 5.15 Å². The molecule has 0 unspecified atom stereocenters. The number of nitrogens with zero attached hydrogens (tertiary/aromatic N) is 3. The molecular formula is C12H13ClN4O. The van der Waals surface area contributed by atoms with Gasteiger partial charge in [-0.25, -0.2) is 9.97 Å². The van der Waals surface area contributed by atoms with Gasteiger partial charge in [-0.1, -0.05) is 16.8 Å². The van der Waals surface area contributed by atoms with Crippen molar-refractivity contribution >= 4 is 34.4 Å². The van der Waals surface area contributed by atoms with Crippen LogP contribution in [0.4, 0.5) is 5.82 Å². The quantitative estimate of drug-likeness (QED) is 0.387. The number of rotatable bonds is 3. The van der Waals surface area contributed by atoms with Gasteiger partial charge in [0.2, 0.25) is 0 Å². The summed E-state index contributed by atoms with van der Waals surface area (Å²) in [6.45, 7) is 4.03. The third-order valence-corrected chi connectivity index (χ3v) is 2.52. The molecule has 2 aromatic rings. The predicted octanol–water partition coefficient (Wildman–Crippen LogP) is 2.91. The van der Waals surface area contributed by atoms with Crippen LogP contribution in [0.3, 0.4) is 0 Å². The third-order valence-electron chi connectivity index (χ3n) is 2.32. The van der Waals surface area contributed by atoms with E-state index in [2.05, 4.69) is 20.4 Å². The maximum Gasteiger partial charge on any atom is 0.134 e. The van der Waals surface area contributed by atoms with Gasteiger partial charge in [-0.2, -0.15) is 0 Å². The monoisotopic (exact) mass is 264 g/mol. The van der Waals surface area contributed by atoms with Crippen molar-refractivity contribution in [2.75, 3.05) is 5.32 Å². The number of nitrogens with one attached hydrogen (secondary N) is 1. The summed E-state index contributed by atoms with van der Waals surface area (Å²) in [5, 5.41) is 17.0. The fraction of sp³-hybridized carbons (Fsp3) is 0.250. The summed E-state index contributed by atoms with van der Waals surface area (Å²) in [7, 11) is 0. The minimum absolute atomic E-state index is 0.231. The second kappa shape index (κ2) is 5.18. The van der Waals surface area contributed by atoms with E-state index in [1.54, 1.807) is 18.3 Å². The number of aromatic nitrogens is 2. The first-order chi connectivity index (χ1) is 8.60. The van der Waals surface area contributed by atoms with E-state index in [0.717, 1.165) is 10.8 Å². The molecule has 2 N–H and O–H groups in total. The maximum absolute atomic E-state index is 8.58. The van der Waals surface area contributed by atoms with Gasteiger partial charge in [-0.05, 0) is 26.0 Å². The molecule has 2 heterocycles. The van der Waals surface area contributed by atoms with Crippen molar-refractivity contribution in [2.24, 2.45) is 5.16 Å². The van der Waals surface area contributed by atoms with Gasteiger partial charge in [0.25, 0.3) is 0 Å². The van der Waals surface area contributed by atoms with E-state index in [9.17, 15) is 0 Å². The Balaban J connectivity index is 2.64. The maximum atomic E-state index is 8.58.